The van der Waals surface area contributed by atoms with E-state index < -0.39 is 12.0 Å². The van der Waals surface area contributed by atoms with Crippen LogP contribution >= 0.6 is 0 Å². The van der Waals surface area contributed by atoms with Gasteiger partial charge in [0.2, 0.25) is 5.91 Å². The monoisotopic (exact) mass is 637 g/mol. The van der Waals surface area contributed by atoms with Crippen LogP contribution in [0.3, 0.4) is 0 Å². The number of carboxylic acids is 1. The van der Waals surface area contributed by atoms with Gasteiger partial charge in [-0.25, -0.2) is 0 Å². The molecule has 1 amide bonds. The number of hydrogen-bond acceptors (Lipinski definition) is 6. The number of amides is 1. The fourth-order valence-corrected chi connectivity index (χ4v) is 4.69. The lowest BCUT2D eigenvalue weighted by Crippen LogP contribution is -2.38. The van der Waals surface area contributed by atoms with E-state index in [0.717, 1.165) is 68.2 Å². The van der Waals surface area contributed by atoms with Gasteiger partial charge < -0.3 is 19.9 Å². The number of rotatable bonds is 27. The van der Waals surface area contributed by atoms with Crippen LogP contribution < -0.4 is 10.6 Å². The molecule has 8 heteroatoms. The van der Waals surface area contributed by atoms with Crippen LogP contribution in [0.2, 0.25) is 0 Å². The van der Waals surface area contributed by atoms with E-state index in [1.807, 2.05) is 6.92 Å². The van der Waals surface area contributed by atoms with Crippen LogP contribution in [0.4, 0.5) is 0 Å². The number of allylic oxidation sites excluding steroid dienone is 10. The minimum absolute atomic E-state index is 0.0408. The molecule has 0 fully saturated rings. The molecule has 2 unspecified atom stereocenters. The minimum atomic E-state index is -0.907. The second kappa shape index (κ2) is 27.9. The van der Waals surface area contributed by atoms with Crippen molar-refractivity contribution < 1.29 is 24.2 Å². The van der Waals surface area contributed by atoms with Crippen molar-refractivity contribution in [3.63, 3.8) is 0 Å². The van der Waals surface area contributed by atoms with E-state index >= 15 is 0 Å². The highest BCUT2D eigenvalue weighted by molar-refractivity contribution is 5.75. The molecular weight excluding hydrogens is 578 g/mol. The zero-order valence-electron chi connectivity index (χ0n) is 28.7. The molecule has 8 nitrogen and oxygen atoms in total. The number of aromatic nitrogens is 1. The molecule has 0 aliphatic rings. The van der Waals surface area contributed by atoms with Crippen molar-refractivity contribution in [2.24, 2.45) is 0 Å². The molecule has 3 N–H and O–H groups in total. The molecule has 0 aliphatic carbocycles. The average molecular weight is 638 g/mol. The molecule has 0 spiro atoms. The molecule has 2 atom stereocenters. The molecule has 0 saturated heterocycles. The largest absolute Gasteiger partial charge is 0.480 e. The first kappa shape index (κ1) is 40.7. The van der Waals surface area contributed by atoms with Crippen LogP contribution in [0.5, 0.6) is 0 Å². The number of nitrogens with one attached hydrogen (secondary N) is 2. The zero-order chi connectivity index (χ0) is 33.7. The molecule has 0 aromatic carbocycles. The number of carbonyl (C=O) groups excluding carboxylic acids is 1. The van der Waals surface area contributed by atoms with Crippen LogP contribution in [0.15, 0.2) is 73.0 Å². The van der Waals surface area contributed by atoms with Crippen LogP contribution in [0, 0.1) is 6.92 Å². The molecule has 256 valence electrons. The fraction of sp³-hybridized carbons (Fsp3) is 0.553. The Hall–Kier alpha value is -3.33. The number of pyridine rings is 1. The van der Waals surface area contributed by atoms with E-state index in [0.29, 0.717) is 39.0 Å². The van der Waals surface area contributed by atoms with E-state index in [1.165, 1.54) is 0 Å². The van der Waals surface area contributed by atoms with E-state index in [9.17, 15) is 14.7 Å². The number of carboxylic acid groups (broad SMARTS) is 1. The van der Waals surface area contributed by atoms with Crippen molar-refractivity contribution in [2.75, 3.05) is 27.0 Å². The Kier molecular flexibility index (Phi) is 24.7. The maximum atomic E-state index is 12.1. The first-order valence-electron chi connectivity index (χ1n) is 16.9. The quantitative estimate of drug-likeness (QED) is 0.0512. The average Bonchev–Trinajstić information content (AvgIpc) is 3.04. The molecule has 0 saturated carbocycles. The number of ether oxygens (including phenoxy) is 2. The van der Waals surface area contributed by atoms with Gasteiger partial charge in [-0.3, -0.25) is 19.9 Å². The van der Waals surface area contributed by atoms with Gasteiger partial charge in [0.15, 0.2) is 0 Å². The SMILES string of the molecule is CCC=CCC=CCC=CCC=CCC=CCCCC(=O)NCCCCC(NCOCc1cnc(C)c(C(C)COC)c1)C(=O)O. The molecule has 0 aliphatic heterocycles. The second-order valence-electron chi connectivity index (χ2n) is 11.4. The summed E-state index contributed by atoms with van der Waals surface area (Å²) in [5.41, 5.74) is 3.03. The number of aliphatic carboxylic acids is 1. The third-order valence-corrected chi connectivity index (χ3v) is 7.30. The zero-order valence-corrected chi connectivity index (χ0v) is 28.7. The van der Waals surface area contributed by atoms with Crippen molar-refractivity contribution in [2.45, 2.75) is 110 Å². The Morgan fingerprint density at radius 2 is 1.57 bits per heavy atom. The van der Waals surface area contributed by atoms with Crippen molar-refractivity contribution in [1.29, 1.82) is 0 Å². The number of carbonyl (C=O) groups is 2. The van der Waals surface area contributed by atoms with Gasteiger partial charge in [-0.05, 0) is 88.3 Å². The summed E-state index contributed by atoms with van der Waals surface area (Å²) >= 11 is 0. The first-order chi connectivity index (χ1) is 22.4. The number of aryl methyl sites for hydroxylation is 1. The Balaban J connectivity index is 2.10. The van der Waals surface area contributed by atoms with Gasteiger partial charge in [-0.2, -0.15) is 0 Å². The highest BCUT2D eigenvalue weighted by Gasteiger charge is 2.16. The Bertz CT molecular complexity index is 1110. The summed E-state index contributed by atoms with van der Waals surface area (Å²) in [6.07, 6.45) is 32.6. The lowest BCUT2D eigenvalue weighted by atomic mass is 9.99. The molecular formula is C38H59N3O5. The summed E-state index contributed by atoms with van der Waals surface area (Å²) in [5.74, 6) is -0.638. The van der Waals surface area contributed by atoms with Gasteiger partial charge in [0.1, 0.15) is 6.04 Å². The summed E-state index contributed by atoms with van der Waals surface area (Å²) in [5, 5.41) is 15.5. The van der Waals surface area contributed by atoms with Gasteiger partial charge >= 0.3 is 5.97 Å². The fourth-order valence-electron chi connectivity index (χ4n) is 4.69. The summed E-state index contributed by atoms with van der Waals surface area (Å²) in [7, 11) is 1.68. The molecule has 46 heavy (non-hydrogen) atoms. The molecule has 0 bridgehead atoms. The predicted octanol–water partition coefficient (Wildman–Crippen LogP) is 7.87. The van der Waals surface area contributed by atoms with Crippen LogP contribution in [0.25, 0.3) is 0 Å². The number of unbranched alkanes of at least 4 members (excludes halogenated alkanes) is 2. The third-order valence-electron chi connectivity index (χ3n) is 7.30. The lowest BCUT2D eigenvalue weighted by molar-refractivity contribution is -0.140. The summed E-state index contributed by atoms with van der Waals surface area (Å²) in [6.45, 7) is 7.85. The highest BCUT2D eigenvalue weighted by Crippen LogP contribution is 2.20. The van der Waals surface area contributed by atoms with Crippen molar-refractivity contribution in [3.05, 3.63) is 89.8 Å². The standard InChI is InChI=1S/C38H59N3O5/c1-5-6-7-8-9-10-11-12-13-14-15-16-17-18-19-20-21-25-37(42)39-26-23-22-24-36(38(43)44)41-31-46-30-34-27-35(32(2)29-45-4)33(3)40-28-34/h6-7,9-10,12-13,15-16,18-19,27-28,32,36,41H,5,8,11,14,17,20-26,29-31H2,1-4H3,(H,39,42)(H,43,44). The lowest BCUT2D eigenvalue weighted by Gasteiger charge is -2.16. The van der Waals surface area contributed by atoms with E-state index in [4.69, 9.17) is 9.47 Å². The van der Waals surface area contributed by atoms with Crippen molar-refractivity contribution in [1.82, 2.24) is 15.6 Å². The first-order valence-corrected chi connectivity index (χ1v) is 16.9. The third kappa shape index (κ3) is 21.4. The van der Waals surface area contributed by atoms with E-state index in [1.54, 1.807) is 13.3 Å². The Morgan fingerprint density at radius 1 is 0.935 bits per heavy atom. The maximum absolute atomic E-state index is 12.1. The molecule has 1 aromatic heterocycles. The summed E-state index contributed by atoms with van der Waals surface area (Å²) < 4.78 is 10.9. The maximum Gasteiger partial charge on any atom is 0.320 e. The Morgan fingerprint density at radius 3 is 2.17 bits per heavy atom. The van der Waals surface area contributed by atoms with Gasteiger partial charge in [0, 0.05) is 37.9 Å². The number of methoxy groups -OCH3 is 1. The van der Waals surface area contributed by atoms with Crippen LogP contribution in [-0.2, 0) is 25.7 Å². The van der Waals surface area contributed by atoms with Gasteiger partial charge in [0.05, 0.1) is 19.9 Å². The number of nitrogens with zero attached hydrogens (tertiary/aromatic N) is 1. The molecule has 1 aromatic rings. The summed E-state index contributed by atoms with van der Waals surface area (Å²) in [4.78, 5) is 28.2. The highest BCUT2D eigenvalue weighted by atomic mass is 16.5. The van der Waals surface area contributed by atoms with Crippen molar-refractivity contribution >= 4 is 11.9 Å². The normalized spacial score (nSPS) is 13.6. The Labute approximate surface area is 278 Å². The molecule has 1 heterocycles. The van der Waals surface area contributed by atoms with Crippen LogP contribution in [-0.4, -0.2) is 55.0 Å². The van der Waals surface area contributed by atoms with Crippen molar-refractivity contribution in [3.8, 4) is 0 Å². The van der Waals surface area contributed by atoms with E-state index in [-0.39, 0.29) is 18.6 Å². The van der Waals surface area contributed by atoms with Gasteiger partial charge in [-0.15, -0.1) is 0 Å². The number of hydrogen-bond donors (Lipinski definition) is 3. The van der Waals surface area contributed by atoms with Gasteiger partial charge in [-0.1, -0.05) is 74.6 Å². The molecule has 1 rings (SSSR count). The predicted molar refractivity (Wildman–Crippen MR) is 189 cm³/mol. The van der Waals surface area contributed by atoms with Crippen LogP contribution in [0.1, 0.15) is 107 Å². The topological polar surface area (TPSA) is 110 Å². The minimum Gasteiger partial charge on any atom is -0.480 e. The summed E-state index contributed by atoms with van der Waals surface area (Å²) in [6, 6.07) is 1.37. The van der Waals surface area contributed by atoms with E-state index in [2.05, 4.69) is 96.3 Å². The molecule has 0 radical (unpaired) electrons. The second-order valence-corrected chi connectivity index (χ2v) is 11.4. The smallest absolute Gasteiger partial charge is 0.320 e. The van der Waals surface area contributed by atoms with Gasteiger partial charge in [0.25, 0.3) is 0 Å².